The van der Waals surface area contributed by atoms with E-state index in [1.54, 1.807) is 0 Å². The van der Waals surface area contributed by atoms with Crippen LogP contribution in [-0.4, -0.2) is 24.6 Å². The second-order valence-corrected chi connectivity index (χ2v) is 7.65. The number of ether oxygens (including phenoxy) is 1. The molecule has 27 heavy (non-hydrogen) atoms. The van der Waals surface area contributed by atoms with Crippen LogP contribution in [0.5, 0.6) is 0 Å². The predicted molar refractivity (Wildman–Crippen MR) is 107 cm³/mol. The first kappa shape index (κ1) is 17.9. The van der Waals surface area contributed by atoms with Gasteiger partial charge >= 0.3 is 0 Å². The number of hydrogen-bond donors (Lipinski definition) is 2. The van der Waals surface area contributed by atoms with E-state index in [1.165, 1.54) is 5.56 Å². The van der Waals surface area contributed by atoms with Crippen LogP contribution in [-0.2, 0) is 21.4 Å². The number of halogens is 1. The van der Waals surface area contributed by atoms with Gasteiger partial charge in [0.05, 0.1) is 11.5 Å². The Morgan fingerprint density at radius 1 is 1.19 bits per heavy atom. The molecular weight excluding hydrogens is 362 g/mol. The lowest BCUT2D eigenvalue weighted by atomic mass is 9.95. The molecule has 0 unspecified atom stereocenters. The number of aliphatic imine (C=N–C) groups is 1. The Labute approximate surface area is 163 Å². The molecule has 5 nitrogen and oxygen atoms in total. The second kappa shape index (κ2) is 7.24. The molecule has 0 bridgehead atoms. The molecule has 0 saturated heterocycles. The van der Waals surface area contributed by atoms with Gasteiger partial charge in [-0.1, -0.05) is 35.9 Å². The Kier molecular flexibility index (Phi) is 4.79. The van der Waals surface area contributed by atoms with Gasteiger partial charge in [-0.05, 0) is 61.1 Å². The average Bonchev–Trinajstić information content (AvgIpc) is 3.38. The van der Waals surface area contributed by atoms with E-state index in [1.807, 2.05) is 48.5 Å². The van der Waals surface area contributed by atoms with Gasteiger partial charge in [0, 0.05) is 10.7 Å². The largest absolute Gasteiger partial charge is 0.463 e. The molecule has 0 aromatic heterocycles. The summed E-state index contributed by atoms with van der Waals surface area (Å²) in [5, 5.41) is 3.74. The number of anilines is 1. The summed E-state index contributed by atoms with van der Waals surface area (Å²) in [6.07, 6.45) is 3.52. The maximum atomic E-state index is 12.8. The van der Waals surface area contributed by atoms with Gasteiger partial charge < -0.3 is 15.8 Å². The highest BCUT2D eigenvalue weighted by Gasteiger charge is 2.51. The maximum Gasteiger partial charge on any atom is 0.282 e. The van der Waals surface area contributed by atoms with Crippen LogP contribution in [0.15, 0.2) is 53.5 Å². The summed E-state index contributed by atoms with van der Waals surface area (Å²) in [5.74, 6) is 0.0467. The summed E-state index contributed by atoms with van der Waals surface area (Å²) in [6.45, 7) is 0.562. The molecule has 1 saturated carbocycles. The van der Waals surface area contributed by atoms with Gasteiger partial charge in [-0.2, -0.15) is 0 Å². The molecule has 1 atom stereocenters. The monoisotopic (exact) mass is 383 g/mol. The summed E-state index contributed by atoms with van der Waals surface area (Å²) in [5.41, 5.74) is 8.16. The summed E-state index contributed by atoms with van der Waals surface area (Å²) < 4.78 is 5.17. The highest BCUT2D eigenvalue weighted by molar-refractivity contribution is 6.30. The number of nitrogens with zero attached hydrogens (tertiary/aromatic N) is 1. The summed E-state index contributed by atoms with van der Waals surface area (Å²) in [7, 11) is 0. The molecular formula is C21H22ClN3O2. The van der Waals surface area contributed by atoms with Crippen LogP contribution < -0.4 is 11.1 Å². The van der Waals surface area contributed by atoms with Crippen molar-refractivity contribution in [3.8, 4) is 0 Å². The van der Waals surface area contributed by atoms with Crippen LogP contribution in [0.25, 0.3) is 0 Å². The lowest BCUT2D eigenvalue weighted by Crippen LogP contribution is -2.27. The molecule has 1 aliphatic heterocycles. The van der Waals surface area contributed by atoms with Crippen LogP contribution >= 0.6 is 11.6 Å². The van der Waals surface area contributed by atoms with Crippen molar-refractivity contribution in [2.75, 3.05) is 11.9 Å². The number of carbonyl (C=O) groups excluding carboxylic acids is 1. The van der Waals surface area contributed by atoms with Crippen molar-refractivity contribution in [3.05, 3.63) is 64.7 Å². The number of hydrogen-bond acceptors (Lipinski definition) is 4. The quantitative estimate of drug-likeness (QED) is 0.799. The van der Waals surface area contributed by atoms with Crippen molar-refractivity contribution in [2.45, 2.75) is 37.1 Å². The van der Waals surface area contributed by atoms with Gasteiger partial charge in [-0.3, -0.25) is 4.79 Å². The SMILES string of the molecule is NC1=N[C@@H](CCc2ccc(NC(=O)C3(c4ccc(Cl)cc4)CC3)cc2)CO1. The first-order valence-corrected chi connectivity index (χ1v) is 9.55. The zero-order valence-electron chi connectivity index (χ0n) is 15.0. The van der Waals surface area contributed by atoms with Gasteiger partial charge in [-0.25, -0.2) is 4.99 Å². The molecule has 0 spiro atoms. The van der Waals surface area contributed by atoms with Gasteiger partial charge in [0.25, 0.3) is 6.02 Å². The number of amides is 1. The molecule has 4 rings (SSSR count). The Hall–Kier alpha value is -2.53. The Balaban J connectivity index is 1.35. The van der Waals surface area contributed by atoms with E-state index in [9.17, 15) is 4.79 Å². The molecule has 1 amide bonds. The van der Waals surface area contributed by atoms with Gasteiger partial charge in [-0.15, -0.1) is 0 Å². The van der Waals surface area contributed by atoms with Crippen molar-refractivity contribution >= 4 is 29.2 Å². The lowest BCUT2D eigenvalue weighted by molar-refractivity contribution is -0.118. The highest BCUT2D eigenvalue weighted by Crippen LogP contribution is 2.49. The Bertz CT molecular complexity index is 858. The number of amidine groups is 1. The van der Waals surface area contributed by atoms with Crippen molar-refractivity contribution < 1.29 is 9.53 Å². The minimum atomic E-state index is -0.413. The fourth-order valence-electron chi connectivity index (χ4n) is 3.46. The van der Waals surface area contributed by atoms with E-state index < -0.39 is 5.41 Å². The number of rotatable bonds is 6. The van der Waals surface area contributed by atoms with E-state index in [4.69, 9.17) is 22.1 Å². The molecule has 2 aromatic rings. The predicted octanol–water partition coefficient (Wildman–Crippen LogP) is 3.66. The third-order valence-electron chi connectivity index (χ3n) is 5.29. The molecule has 1 fully saturated rings. The first-order chi connectivity index (χ1) is 13.0. The van der Waals surface area contributed by atoms with E-state index in [-0.39, 0.29) is 18.0 Å². The number of nitrogens with two attached hydrogens (primary N) is 1. The van der Waals surface area contributed by atoms with E-state index in [0.717, 1.165) is 36.9 Å². The Morgan fingerprint density at radius 2 is 1.89 bits per heavy atom. The first-order valence-electron chi connectivity index (χ1n) is 9.18. The van der Waals surface area contributed by atoms with Crippen molar-refractivity contribution in [1.29, 1.82) is 0 Å². The van der Waals surface area contributed by atoms with Gasteiger partial charge in [0.2, 0.25) is 5.91 Å². The number of nitrogens with one attached hydrogen (secondary N) is 1. The van der Waals surface area contributed by atoms with Crippen LogP contribution in [0.2, 0.25) is 5.02 Å². The lowest BCUT2D eigenvalue weighted by Gasteiger charge is -2.16. The summed E-state index contributed by atoms with van der Waals surface area (Å²) in [6, 6.07) is 16.0. The van der Waals surface area contributed by atoms with Gasteiger partial charge in [0.1, 0.15) is 6.61 Å². The van der Waals surface area contributed by atoms with Crippen LogP contribution in [0.3, 0.4) is 0 Å². The second-order valence-electron chi connectivity index (χ2n) is 7.21. The molecule has 0 radical (unpaired) electrons. The molecule has 140 valence electrons. The molecule has 6 heteroatoms. The van der Waals surface area contributed by atoms with E-state index in [0.29, 0.717) is 11.6 Å². The minimum absolute atomic E-state index is 0.0467. The fourth-order valence-corrected chi connectivity index (χ4v) is 3.59. The van der Waals surface area contributed by atoms with E-state index in [2.05, 4.69) is 10.3 Å². The average molecular weight is 384 g/mol. The normalized spacial score (nSPS) is 19.9. The van der Waals surface area contributed by atoms with Crippen LogP contribution in [0.4, 0.5) is 5.69 Å². The van der Waals surface area contributed by atoms with Crippen molar-refractivity contribution in [3.63, 3.8) is 0 Å². The fraction of sp³-hybridized carbons (Fsp3) is 0.333. The van der Waals surface area contributed by atoms with Gasteiger partial charge in [0.15, 0.2) is 0 Å². The molecule has 1 aliphatic carbocycles. The van der Waals surface area contributed by atoms with Crippen LogP contribution in [0, 0.1) is 0 Å². The molecule has 1 heterocycles. The van der Waals surface area contributed by atoms with Crippen molar-refractivity contribution in [2.24, 2.45) is 10.7 Å². The third-order valence-corrected chi connectivity index (χ3v) is 5.54. The van der Waals surface area contributed by atoms with Crippen molar-refractivity contribution in [1.82, 2.24) is 0 Å². The highest BCUT2D eigenvalue weighted by atomic mass is 35.5. The summed E-state index contributed by atoms with van der Waals surface area (Å²) >= 11 is 5.96. The molecule has 2 aliphatic rings. The standard InChI is InChI=1S/C21H22ClN3O2/c22-16-6-4-15(5-7-16)21(11-12-21)19(26)24-17-8-1-14(2-9-17)3-10-18-13-27-20(23)25-18/h1-2,4-9,18H,3,10-13H2,(H2,23,25)(H,24,26)/t18-/m0/s1. The zero-order chi connectivity index (χ0) is 18.9. The number of benzene rings is 2. The van der Waals surface area contributed by atoms with Crippen LogP contribution in [0.1, 0.15) is 30.4 Å². The smallest absolute Gasteiger partial charge is 0.282 e. The topological polar surface area (TPSA) is 76.7 Å². The number of aryl methyl sites for hydroxylation is 1. The molecule has 3 N–H and O–H groups in total. The summed E-state index contributed by atoms with van der Waals surface area (Å²) in [4.78, 5) is 17.0. The maximum absolute atomic E-state index is 12.8. The molecule has 2 aromatic carbocycles. The number of carbonyl (C=O) groups is 1. The Morgan fingerprint density at radius 3 is 2.48 bits per heavy atom. The minimum Gasteiger partial charge on any atom is -0.463 e. The zero-order valence-corrected chi connectivity index (χ0v) is 15.7. The third kappa shape index (κ3) is 3.93. The van der Waals surface area contributed by atoms with E-state index >= 15 is 0 Å².